The lowest BCUT2D eigenvalue weighted by atomic mass is 10.0. The standard InChI is InChI=1S/C23H29N9O4/c1-29-13-15(12-24-29)19-26-20-18(22(28-19)30-6-9-35-10-7-30)25-21(27-20)23(34)31-4-2-16(3-5-31)32-8-11-36-14-17(32)33/h12-13,16H,2-11,14H2,1H3,(H,25,26,27,28). The molecule has 0 aromatic carbocycles. The Morgan fingerprint density at radius 1 is 1.03 bits per heavy atom. The number of imidazole rings is 1. The molecule has 0 aliphatic carbocycles. The normalized spacial score (nSPS) is 19.9. The summed E-state index contributed by atoms with van der Waals surface area (Å²) in [5, 5.41) is 4.24. The number of ether oxygens (including phenoxy) is 2. The number of aryl methyl sites for hydroxylation is 1. The Hall–Kier alpha value is -3.58. The lowest BCUT2D eigenvalue weighted by Gasteiger charge is -2.39. The molecule has 190 valence electrons. The Morgan fingerprint density at radius 2 is 1.81 bits per heavy atom. The number of fused-ring (bicyclic) bond motifs is 1. The first-order chi connectivity index (χ1) is 17.6. The average Bonchev–Trinajstić information content (AvgIpc) is 3.55. The quantitative estimate of drug-likeness (QED) is 0.533. The Balaban J connectivity index is 1.26. The summed E-state index contributed by atoms with van der Waals surface area (Å²) < 4.78 is 12.5. The van der Waals surface area contributed by atoms with Crippen molar-refractivity contribution in [1.82, 2.24) is 39.5 Å². The van der Waals surface area contributed by atoms with Crippen molar-refractivity contribution >= 4 is 28.8 Å². The number of anilines is 1. The lowest BCUT2D eigenvalue weighted by molar-refractivity contribution is -0.146. The Bertz CT molecular complexity index is 1270. The number of carbonyl (C=O) groups excluding carboxylic acids is 2. The topological polar surface area (TPSA) is 135 Å². The molecular formula is C23H29N9O4. The van der Waals surface area contributed by atoms with Gasteiger partial charge in [0.1, 0.15) is 6.61 Å². The molecule has 36 heavy (non-hydrogen) atoms. The molecule has 0 atom stereocenters. The van der Waals surface area contributed by atoms with Crippen LogP contribution in [0, 0.1) is 0 Å². The van der Waals surface area contributed by atoms with Crippen LogP contribution in [-0.2, 0) is 21.3 Å². The number of amides is 2. The molecular weight excluding hydrogens is 466 g/mol. The van der Waals surface area contributed by atoms with Crippen LogP contribution in [0.1, 0.15) is 23.5 Å². The van der Waals surface area contributed by atoms with Crippen molar-refractivity contribution in [3.63, 3.8) is 0 Å². The highest BCUT2D eigenvalue weighted by Crippen LogP contribution is 2.28. The highest BCUT2D eigenvalue weighted by molar-refractivity contribution is 5.96. The van der Waals surface area contributed by atoms with E-state index in [0.29, 0.717) is 75.4 Å². The van der Waals surface area contributed by atoms with Crippen molar-refractivity contribution in [2.24, 2.45) is 7.05 Å². The van der Waals surface area contributed by atoms with Gasteiger partial charge in [0.25, 0.3) is 5.91 Å². The molecule has 0 bridgehead atoms. The van der Waals surface area contributed by atoms with Crippen LogP contribution in [0.2, 0.25) is 0 Å². The Kier molecular flexibility index (Phi) is 6.01. The SMILES string of the molecule is Cn1cc(-c2nc(N3CCOCC3)c3nc(C(=O)N4CCC(N5CCOCC5=O)CC4)[nH]c3n2)cn1. The van der Waals surface area contributed by atoms with E-state index in [-0.39, 0.29) is 30.3 Å². The highest BCUT2D eigenvalue weighted by atomic mass is 16.5. The smallest absolute Gasteiger partial charge is 0.289 e. The summed E-state index contributed by atoms with van der Waals surface area (Å²) in [5.74, 6) is 1.31. The molecule has 13 heteroatoms. The number of nitrogens with one attached hydrogen (secondary N) is 1. The molecule has 6 rings (SSSR count). The number of nitrogens with zero attached hydrogens (tertiary/aromatic N) is 8. The summed E-state index contributed by atoms with van der Waals surface area (Å²) >= 11 is 0. The lowest BCUT2D eigenvalue weighted by Crippen LogP contribution is -2.52. The van der Waals surface area contributed by atoms with Gasteiger partial charge in [0.2, 0.25) is 5.91 Å². The fourth-order valence-electron chi connectivity index (χ4n) is 5.09. The summed E-state index contributed by atoms with van der Waals surface area (Å²) in [7, 11) is 1.84. The molecule has 3 aromatic heterocycles. The van der Waals surface area contributed by atoms with Crippen LogP contribution in [0.4, 0.5) is 5.82 Å². The van der Waals surface area contributed by atoms with Gasteiger partial charge >= 0.3 is 0 Å². The molecule has 3 aliphatic rings. The van der Waals surface area contributed by atoms with Crippen LogP contribution in [0.5, 0.6) is 0 Å². The van der Waals surface area contributed by atoms with Crippen LogP contribution in [0.25, 0.3) is 22.6 Å². The first-order valence-corrected chi connectivity index (χ1v) is 12.3. The Morgan fingerprint density at radius 3 is 2.53 bits per heavy atom. The van der Waals surface area contributed by atoms with Crippen molar-refractivity contribution in [3.05, 3.63) is 18.2 Å². The molecule has 2 amide bonds. The second kappa shape index (κ2) is 9.47. The number of hydrogen-bond donors (Lipinski definition) is 1. The molecule has 1 N–H and O–H groups in total. The number of likely N-dealkylation sites (tertiary alicyclic amines) is 1. The molecule has 3 saturated heterocycles. The van der Waals surface area contributed by atoms with Crippen LogP contribution in [-0.4, -0.2) is 117 Å². The van der Waals surface area contributed by atoms with Crippen molar-refractivity contribution in [1.29, 1.82) is 0 Å². The predicted octanol–water partition coefficient (Wildman–Crippen LogP) is 0.0534. The highest BCUT2D eigenvalue weighted by Gasteiger charge is 2.32. The van der Waals surface area contributed by atoms with Gasteiger partial charge in [0.05, 0.1) is 31.6 Å². The van der Waals surface area contributed by atoms with E-state index in [1.54, 1.807) is 15.8 Å². The minimum absolute atomic E-state index is 0.0296. The number of aromatic amines is 1. The zero-order valence-electron chi connectivity index (χ0n) is 20.2. The molecule has 0 spiro atoms. The third-order valence-electron chi connectivity index (χ3n) is 7.02. The van der Waals surface area contributed by atoms with Gasteiger partial charge in [-0.05, 0) is 12.8 Å². The van der Waals surface area contributed by atoms with Gasteiger partial charge in [-0.3, -0.25) is 14.3 Å². The number of carbonyl (C=O) groups is 2. The molecule has 3 fully saturated rings. The van der Waals surface area contributed by atoms with Crippen molar-refractivity contribution < 1.29 is 19.1 Å². The number of aromatic nitrogens is 6. The van der Waals surface area contributed by atoms with E-state index in [2.05, 4.69) is 25.0 Å². The van der Waals surface area contributed by atoms with E-state index in [1.165, 1.54) is 0 Å². The molecule has 13 nitrogen and oxygen atoms in total. The summed E-state index contributed by atoms with van der Waals surface area (Å²) in [5.41, 5.74) is 1.88. The average molecular weight is 496 g/mol. The number of hydrogen-bond acceptors (Lipinski definition) is 9. The molecule has 0 radical (unpaired) electrons. The Labute approximate surface area is 207 Å². The van der Waals surface area contributed by atoms with Crippen LogP contribution < -0.4 is 4.90 Å². The number of morpholine rings is 2. The van der Waals surface area contributed by atoms with Gasteiger partial charge in [0.15, 0.2) is 28.6 Å². The summed E-state index contributed by atoms with van der Waals surface area (Å²) in [6, 6.07) is 0.141. The maximum Gasteiger partial charge on any atom is 0.289 e. The number of rotatable bonds is 4. The van der Waals surface area contributed by atoms with Gasteiger partial charge in [0, 0.05) is 52.0 Å². The van der Waals surface area contributed by atoms with Gasteiger partial charge in [-0.1, -0.05) is 0 Å². The van der Waals surface area contributed by atoms with E-state index in [9.17, 15) is 9.59 Å². The van der Waals surface area contributed by atoms with E-state index in [0.717, 1.165) is 18.4 Å². The second-order valence-electron chi connectivity index (χ2n) is 9.32. The zero-order valence-corrected chi connectivity index (χ0v) is 20.2. The summed E-state index contributed by atoms with van der Waals surface area (Å²) in [4.78, 5) is 48.7. The van der Waals surface area contributed by atoms with Crippen LogP contribution in [0.3, 0.4) is 0 Å². The number of H-pyrrole nitrogens is 1. The largest absolute Gasteiger partial charge is 0.378 e. The van der Waals surface area contributed by atoms with Gasteiger partial charge in [-0.25, -0.2) is 15.0 Å². The fraction of sp³-hybridized carbons (Fsp3) is 0.565. The minimum Gasteiger partial charge on any atom is -0.378 e. The van der Waals surface area contributed by atoms with Crippen LogP contribution in [0.15, 0.2) is 12.4 Å². The predicted molar refractivity (Wildman–Crippen MR) is 128 cm³/mol. The molecule has 0 saturated carbocycles. The maximum absolute atomic E-state index is 13.4. The van der Waals surface area contributed by atoms with Crippen molar-refractivity contribution in [3.8, 4) is 11.4 Å². The molecule has 6 heterocycles. The first-order valence-electron chi connectivity index (χ1n) is 12.3. The molecule has 0 unspecified atom stereocenters. The summed E-state index contributed by atoms with van der Waals surface area (Å²) in [6.07, 6.45) is 5.05. The zero-order chi connectivity index (χ0) is 24.6. The van der Waals surface area contributed by atoms with Crippen LogP contribution >= 0.6 is 0 Å². The van der Waals surface area contributed by atoms with E-state index in [4.69, 9.17) is 14.5 Å². The third kappa shape index (κ3) is 4.28. The third-order valence-corrected chi connectivity index (χ3v) is 7.02. The monoisotopic (exact) mass is 495 g/mol. The van der Waals surface area contributed by atoms with Crippen molar-refractivity contribution in [2.45, 2.75) is 18.9 Å². The van der Waals surface area contributed by atoms with Gasteiger partial charge < -0.3 is 29.2 Å². The van der Waals surface area contributed by atoms with Gasteiger partial charge in [-0.15, -0.1) is 0 Å². The van der Waals surface area contributed by atoms with E-state index >= 15 is 0 Å². The first kappa shape index (κ1) is 22.9. The minimum atomic E-state index is -0.171. The van der Waals surface area contributed by atoms with E-state index in [1.807, 2.05) is 18.1 Å². The van der Waals surface area contributed by atoms with Crippen molar-refractivity contribution in [2.75, 3.05) is 64.1 Å². The fourth-order valence-corrected chi connectivity index (χ4v) is 5.09. The molecule has 3 aliphatic heterocycles. The maximum atomic E-state index is 13.4. The second-order valence-corrected chi connectivity index (χ2v) is 9.32. The number of piperidine rings is 1. The molecule has 3 aromatic rings. The van der Waals surface area contributed by atoms with Gasteiger partial charge in [-0.2, -0.15) is 5.10 Å². The van der Waals surface area contributed by atoms with E-state index < -0.39 is 0 Å². The summed E-state index contributed by atoms with van der Waals surface area (Å²) in [6.45, 7) is 5.02.